The highest BCUT2D eigenvalue weighted by molar-refractivity contribution is 5.58. The third-order valence-corrected chi connectivity index (χ3v) is 4.08. The van der Waals surface area contributed by atoms with Crippen molar-refractivity contribution in [2.24, 2.45) is 5.92 Å². The minimum absolute atomic E-state index is 0.145. The molecule has 1 aliphatic rings. The molecule has 1 heterocycles. The maximum atomic E-state index is 9.36. The van der Waals surface area contributed by atoms with Crippen LogP contribution in [0.25, 0.3) is 0 Å². The minimum Gasteiger partial charge on any atom is -0.396 e. The summed E-state index contributed by atoms with van der Waals surface area (Å²) < 4.78 is 0. The number of aliphatic hydroxyl groups is 1. The van der Waals surface area contributed by atoms with Crippen LogP contribution in [0, 0.1) is 19.8 Å². The van der Waals surface area contributed by atoms with Crippen molar-refractivity contribution in [3.05, 3.63) is 29.3 Å². The molecule has 0 aromatic heterocycles. The van der Waals surface area contributed by atoms with Crippen LogP contribution >= 0.6 is 0 Å². The van der Waals surface area contributed by atoms with E-state index >= 15 is 0 Å². The van der Waals surface area contributed by atoms with Crippen molar-refractivity contribution in [2.75, 3.05) is 18.1 Å². The van der Waals surface area contributed by atoms with Crippen molar-refractivity contribution in [2.45, 2.75) is 39.7 Å². The molecule has 0 spiro atoms. The van der Waals surface area contributed by atoms with Gasteiger partial charge in [0.2, 0.25) is 0 Å². The van der Waals surface area contributed by atoms with Crippen molar-refractivity contribution < 1.29 is 5.11 Å². The van der Waals surface area contributed by atoms with Gasteiger partial charge in [-0.05, 0) is 51.3 Å². The molecule has 2 rings (SSSR count). The first kappa shape index (κ1) is 12.4. The Morgan fingerprint density at radius 3 is 2.65 bits per heavy atom. The van der Waals surface area contributed by atoms with Crippen molar-refractivity contribution in [3.63, 3.8) is 0 Å². The van der Waals surface area contributed by atoms with Gasteiger partial charge in [-0.3, -0.25) is 0 Å². The van der Waals surface area contributed by atoms with E-state index in [1.807, 2.05) is 0 Å². The fraction of sp³-hybridized carbons (Fsp3) is 0.600. The molecule has 1 aromatic carbocycles. The molecule has 1 fully saturated rings. The number of hydrogen-bond acceptors (Lipinski definition) is 2. The number of anilines is 1. The van der Waals surface area contributed by atoms with Crippen LogP contribution in [0.5, 0.6) is 0 Å². The average molecular weight is 233 g/mol. The van der Waals surface area contributed by atoms with E-state index in [0.717, 1.165) is 13.0 Å². The van der Waals surface area contributed by atoms with E-state index in [2.05, 4.69) is 50.8 Å². The Bertz CT molecular complexity index is 411. The van der Waals surface area contributed by atoms with Crippen molar-refractivity contribution in [3.8, 4) is 0 Å². The highest BCUT2D eigenvalue weighted by atomic mass is 16.3. The fourth-order valence-corrected chi connectivity index (χ4v) is 2.96. The van der Waals surface area contributed by atoms with Crippen molar-refractivity contribution >= 4 is 5.69 Å². The maximum Gasteiger partial charge on any atom is 0.0477 e. The Morgan fingerprint density at radius 1 is 1.35 bits per heavy atom. The van der Waals surface area contributed by atoms with E-state index in [-0.39, 0.29) is 5.54 Å². The van der Waals surface area contributed by atoms with E-state index < -0.39 is 0 Å². The predicted molar refractivity (Wildman–Crippen MR) is 72.5 cm³/mol. The van der Waals surface area contributed by atoms with E-state index in [1.165, 1.54) is 16.8 Å². The zero-order valence-corrected chi connectivity index (χ0v) is 11.3. The van der Waals surface area contributed by atoms with Crippen LogP contribution in [0.4, 0.5) is 5.69 Å². The first-order valence-electron chi connectivity index (χ1n) is 6.40. The molecule has 1 N–H and O–H groups in total. The van der Waals surface area contributed by atoms with Crippen LogP contribution in [0.2, 0.25) is 0 Å². The lowest BCUT2D eigenvalue weighted by molar-refractivity contribution is 0.232. The third-order valence-electron chi connectivity index (χ3n) is 4.08. The zero-order chi connectivity index (χ0) is 12.6. The van der Waals surface area contributed by atoms with Gasteiger partial charge in [0.05, 0.1) is 0 Å². The summed E-state index contributed by atoms with van der Waals surface area (Å²) in [7, 11) is 0. The molecule has 94 valence electrons. The molecule has 17 heavy (non-hydrogen) atoms. The van der Waals surface area contributed by atoms with Gasteiger partial charge in [-0.25, -0.2) is 0 Å². The maximum absolute atomic E-state index is 9.36. The monoisotopic (exact) mass is 233 g/mol. The van der Waals surface area contributed by atoms with Gasteiger partial charge in [0.25, 0.3) is 0 Å². The second-order valence-corrected chi connectivity index (χ2v) is 5.89. The smallest absolute Gasteiger partial charge is 0.0477 e. The summed E-state index contributed by atoms with van der Waals surface area (Å²) in [5.74, 6) is 0.407. The molecule has 2 heteroatoms. The molecule has 0 amide bonds. The van der Waals surface area contributed by atoms with Gasteiger partial charge in [-0.1, -0.05) is 12.1 Å². The van der Waals surface area contributed by atoms with Gasteiger partial charge in [0.1, 0.15) is 0 Å². The summed E-state index contributed by atoms with van der Waals surface area (Å²) >= 11 is 0. The first-order chi connectivity index (χ1) is 7.95. The fourth-order valence-electron chi connectivity index (χ4n) is 2.96. The highest BCUT2D eigenvalue weighted by Gasteiger charge is 2.38. The van der Waals surface area contributed by atoms with Gasteiger partial charge in [-0.2, -0.15) is 0 Å². The Labute approximate surface area is 104 Å². The second kappa shape index (κ2) is 4.34. The number of hydrogen-bond donors (Lipinski definition) is 1. The van der Waals surface area contributed by atoms with E-state index in [1.54, 1.807) is 0 Å². The van der Waals surface area contributed by atoms with E-state index in [9.17, 15) is 5.11 Å². The third kappa shape index (κ3) is 2.19. The molecular weight excluding hydrogens is 210 g/mol. The molecular formula is C15H23NO. The van der Waals surface area contributed by atoms with Crippen LogP contribution in [-0.2, 0) is 0 Å². The number of aliphatic hydroxyl groups excluding tert-OH is 1. The van der Waals surface area contributed by atoms with Crippen LogP contribution in [-0.4, -0.2) is 23.8 Å². The van der Waals surface area contributed by atoms with Gasteiger partial charge in [0, 0.05) is 30.3 Å². The Hall–Kier alpha value is -1.02. The molecule has 1 aromatic rings. The molecule has 0 bridgehead atoms. The van der Waals surface area contributed by atoms with Crippen LogP contribution in [0.15, 0.2) is 18.2 Å². The van der Waals surface area contributed by atoms with Crippen molar-refractivity contribution in [1.29, 1.82) is 0 Å². The molecule has 0 saturated carbocycles. The highest BCUT2D eigenvalue weighted by Crippen LogP contribution is 2.38. The molecule has 1 saturated heterocycles. The summed E-state index contributed by atoms with van der Waals surface area (Å²) in [6.45, 7) is 10.1. The summed E-state index contributed by atoms with van der Waals surface area (Å²) in [6, 6.07) is 6.48. The minimum atomic E-state index is 0.145. The lowest BCUT2D eigenvalue weighted by Crippen LogP contribution is -2.38. The molecule has 0 radical (unpaired) electrons. The molecule has 1 aliphatic heterocycles. The van der Waals surface area contributed by atoms with Crippen molar-refractivity contribution in [1.82, 2.24) is 0 Å². The van der Waals surface area contributed by atoms with E-state index in [4.69, 9.17) is 0 Å². The predicted octanol–water partition coefficient (Wildman–Crippen LogP) is 2.90. The Morgan fingerprint density at radius 2 is 2.06 bits per heavy atom. The molecule has 1 unspecified atom stereocenters. The van der Waals surface area contributed by atoms with E-state index in [0.29, 0.717) is 12.5 Å². The quantitative estimate of drug-likeness (QED) is 0.849. The lowest BCUT2D eigenvalue weighted by Gasteiger charge is -2.35. The number of benzene rings is 1. The number of nitrogens with zero attached hydrogens (tertiary/aromatic N) is 1. The average Bonchev–Trinajstić information content (AvgIpc) is 2.58. The first-order valence-corrected chi connectivity index (χ1v) is 6.40. The summed E-state index contributed by atoms with van der Waals surface area (Å²) in [6.07, 6.45) is 1.07. The largest absolute Gasteiger partial charge is 0.396 e. The van der Waals surface area contributed by atoms with Gasteiger partial charge < -0.3 is 10.0 Å². The SMILES string of the molecule is Cc1cccc(N2CC(CO)CC2(C)C)c1C. The summed E-state index contributed by atoms with van der Waals surface area (Å²) in [5.41, 5.74) is 4.17. The number of aryl methyl sites for hydroxylation is 1. The topological polar surface area (TPSA) is 23.5 Å². The standard InChI is InChI=1S/C15H23NO/c1-11-6-5-7-14(12(11)2)16-9-13(10-17)8-15(16,3)4/h5-7,13,17H,8-10H2,1-4H3. The lowest BCUT2D eigenvalue weighted by atomic mass is 9.96. The normalized spacial score (nSPS) is 23.1. The van der Waals surface area contributed by atoms with Crippen LogP contribution in [0.3, 0.4) is 0 Å². The molecule has 1 atom stereocenters. The Kier molecular flexibility index (Phi) is 3.17. The summed E-state index contributed by atoms with van der Waals surface area (Å²) in [4.78, 5) is 2.45. The van der Waals surface area contributed by atoms with Gasteiger partial charge in [-0.15, -0.1) is 0 Å². The molecule has 2 nitrogen and oxygen atoms in total. The van der Waals surface area contributed by atoms with Gasteiger partial charge >= 0.3 is 0 Å². The van der Waals surface area contributed by atoms with Crippen LogP contribution < -0.4 is 4.90 Å². The zero-order valence-electron chi connectivity index (χ0n) is 11.3. The molecule has 0 aliphatic carbocycles. The Balaban J connectivity index is 2.37. The number of rotatable bonds is 2. The second-order valence-electron chi connectivity index (χ2n) is 5.89. The summed E-state index contributed by atoms with van der Waals surface area (Å²) in [5, 5.41) is 9.36. The van der Waals surface area contributed by atoms with Crippen LogP contribution in [0.1, 0.15) is 31.4 Å². The van der Waals surface area contributed by atoms with Gasteiger partial charge in [0.15, 0.2) is 0 Å².